The summed E-state index contributed by atoms with van der Waals surface area (Å²) in [5, 5.41) is 0. The average molecular weight is 224 g/mol. The first-order chi connectivity index (χ1) is 7.33. The van der Waals surface area contributed by atoms with Crippen LogP contribution >= 0.6 is 0 Å². The van der Waals surface area contributed by atoms with E-state index in [0.717, 1.165) is 29.1 Å². The second kappa shape index (κ2) is 5.56. The van der Waals surface area contributed by atoms with Gasteiger partial charge in [-0.15, -0.1) is 0 Å². The topological polar surface area (TPSA) is 0 Å². The molecule has 1 saturated carbocycles. The van der Waals surface area contributed by atoms with Crippen molar-refractivity contribution in [1.82, 2.24) is 0 Å². The maximum atomic E-state index is 2.52. The van der Waals surface area contributed by atoms with E-state index >= 15 is 0 Å². The van der Waals surface area contributed by atoms with E-state index in [1.807, 2.05) is 0 Å². The summed E-state index contributed by atoms with van der Waals surface area (Å²) < 4.78 is 0. The molecular formula is C16H32. The van der Waals surface area contributed by atoms with Crippen molar-refractivity contribution in [2.75, 3.05) is 0 Å². The Bertz CT molecular complexity index is 204. The lowest BCUT2D eigenvalue weighted by Gasteiger charge is -2.17. The van der Waals surface area contributed by atoms with Gasteiger partial charge in [0.1, 0.15) is 0 Å². The van der Waals surface area contributed by atoms with Crippen LogP contribution in [-0.2, 0) is 0 Å². The van der Waals surface area contributed by atoms with E-state index in [4.69, 9.17) is 0 Å². The van der Waals surface area contributed by atoms with Gasteiger partial charge in [0.15, 0.2) is 0 Å². The fraction of sp³-hybridized carbons (Fsp3) is 1.00. The van der Waals surface area contributed by atoms with Crippen molar-refractivity contribution in [3.05, 3.63) is 0 Å². The van der Waals surface area contributed by atoms with Crippen LogP contribution in [0.5, 0.6) is 0 Å². The molecule has 0 spiro atoms. The third-order valence-corrected chi connectivity index (χ3v) is 4.39. The molecule has 0 bridgehead atoms. The lowest BCUT2D eigenvalue weighted by Crippen LogP contribution is -2.06. The molecule has 1 aliphatic carbocycles. The summed E-state index contributed by atoms with van der Waals surface area (Å²) >= 11 is 0. The van der Waals surface area contributed by atoms with Crippen molar-refractivity contribution in [2.24, 2.45) is 29.1 Å². The quantitative estimate of drug-likeness (QED) is 0.534. The SMILES string of the molecule is CC(C)CCC1(C)CC1CC(C)CC(C)C. The first-order valence-electron chi connectivity index (χ1n) is 7.33. The normalized spacial score (nSPS) is 31.1. The standard InChI is InChI=1S/C16H32/c1-12(2)7-8-16(6)11-15(16)10-14(5)9-13(3)4/h12-15H,7-11H2,1-6H3. The van der Waals surface area contributed by atoms with Crippen LogP contribution in [0.2, 0.25) is 0 Å². The highest BCUT2D eigenvalue weighted by molar-refractivity contribution is 4.99. The third-order valence-electron chi connectivity index (χ3n) is 4.39. The molecule has 1 aliphatic rings. The lowest BCUT2D eigenvalue weighted by molar-refractivity contribution is 0.341. The zero-order chi connectivity index (χ0) is 12.3. The first-order valence-corrected chi connectivity index (χ1v) is 7.33. The molecule has 0 N–H and O–H groups in total. The molecule has 3 unspecified atom stereocenters. The fourth-order valence-electron chi connectivity index (χ4n) is 3.18. The molecule has 0 heteroatoms. The highest BCUT2D eigenvalue weighted by Gasteiger charge is 2.48. The second-order valence-electron chi connectivity index (χ2n) is 7.46. The van der Waals surface area contributed by atoms with Crippen LogP contribution in [0.4, 0.5) is 0 Å². The summed E-state index contributed by atoms with van der Waals surface area (Å²) in [6.07, 6.45) is 7.28. The first kappa shape index (κ1) is 14.1. The van der Waals surface area contributed by atoms with Gasteiger partial charge in [-0.2, -0.15) is 0 Å². The predicted molar refractivity (Wildman–Crippen MR) is 73.5 cm³/mol. The van der Waals surface area contributed by atoms with Crippen molar-refractivity contribution >= 4 is 0 Å². The predicted octanol–water partition coefficient (Wildman–Crippen LogP) is 5.52. The minimum Gasteiger partial charge on any atom is -0.0628 e. The Kier molecular flexibility index (Phi) is 4.88. The lowest BCUT2D eigenvalue weighted by atomic mass is 9.89. The van der Waals surface area contributed by atoms with Crippen LogP contribution < -0.4 is 0 Å². The van der Waals surface area contributed by atoms with Gasteiger partial charge in [0.25, 0.3) is 0 Å². The smallest absolute Gasteiger partial charge is 0.0294 e. The van der Waals surface area contributed by atoms with Crippen LogP contribution in [0.25, 0.3) is 0 Å². The van der Waals surface area contributed by atoms with Gasteiger partial charge in [0.2, 0.25) is 0 Å². The Balaban J connectivity index is 2.21. The van der Waals surface area contributed by atoms with Gasteiger partial charge in [-0.3, -0.25) is 0 Å². The van der Waals surface area contributed by atoms with Crippen LogP contribution in [-0.4, -0.2) is 0 Å². The number of hydrogen-bond acceptors (Lipinski definition) is 0. The highest BCUT2D eigenvalue weighted by Crippen LogP contribution is 2.58. The summed E-state index contributed by atoms with van der Waals surface area (Å²) in [6, 6.07) is 0. The van der Waals surface area contributed by atoms with Gasteiger partial charge in [-0.1, -0.05) is 48.0 Å². The summed E-state index contributed by atoms with van der Waals surface area (Å²) in [5.74, 6) is 3.73. The minimum absolute atomic E-state index is 0.718. The van der Waals surface area contributed by atoms with E-state index in [-0.39, 0.29) is 0 Å². The van der Waals surface area contributed by atoms with Gasteiger partial charge in [-0.05, 0) is 54.8 Å². The van der Waals surface area contributed by atoms with Crippen LogP contribution in [0.1, 0.15) is 73.6 Å². The molecule has 96 valence electrons. The van der Waals surface area contributed by atoms with E-state index in [1.165, 1.54) is 32.1 Å². The molecule has 0 radical (unpaired) electrons. The van der Waals surface area contributed by atoms with Crippen molar-refractivity contribution < 1.29 is 0 Å². The van der Waals surface area contributed by atoms with E-state index in [9.17, 15) is 0 Å². The molecule has 16 heavy (non-hydrogen) atoms. The maximum absolute atomic E-state index is 2.52. The molecule has 0 heterocycles. The van der Waals surface area contributed by atoms with E-state index in [2.05, 4.69) is 41.5 Å². The van der Waals surface area contributed by atoms with Crippen molar-refractivity contribution in [3.8, 4) is 0 Å². The van der Waals surface area contributed by atoms with Crippen molar-refractivity contribution in [2.45, 2.75) is 73.6 Å². The number of rotatable bonds is 7. The molecular weight excluding hydrogens is 192 g/mol. The summed E-state index contributed by atoms with van der Waals surface area (Å²) in [7, 11) is 0. The molecule has 3 atom stereocenters. The van der Waals surface area contributed by atoms with E-state index in [0.29, 0.717) is 0 Å². The second-order valence-corrected chi connectivity index (χ2v) is 7.46. The summed E-state index contributed by atoms with van der Waals surface area (Å²) in [6.45, 7) is 14.4. The van der Waals surface area contributed by atoms with Gasteiger partial charge in [-0.25, -0.2) is 0 Å². The Morgan fingerprint density at radius 1 is 1.06 bits per heavy atom. The van der Waals surface area contributed by atoms with Crippen molar-refractivity contribution in [1.29, 1.82) is 0 Å². The average Bonchev–Trinajstić information content (AvgIpc) is 2.72. The third kappa shape index (κ3) is 4.47. The van der Waals surface area contributed by atoms with Gasteiger partial charge >= 0.3 is 0 Å². The largest absolute Gasteiger partial charge is 0.0628 e. The molecule has 1 fully saturated rings. The molecule has 0 amide bonds. The van der Waals surface area contributed by atoms with Crippen LogP contribution in [0, 0.1) is 29.1 Å². The Morgan fingerprint density at radius 2 is 1.69 bits per heavy atom. The maximum Gasteiger partial charge on any atom is -0.0294 e. The van der Waals surface area contributed by atoms with Crippen LogP contribution in [0.15, 0.2) is 0 Å². The highest BCUT2D eigenvalue weighted by atomic mass is 14.5. The number of hydrogen-bond donors (Lipinski definition) is 0. The summed E-state index contributed by atoms with van der Waals surface area (Å²) in [5.41, 5.74) is 0.718. The molecule has 0 aromatic carbocycles. The van der Waals surface area contributed by atoms with Gasteiger partial charge in [0.05, 0.1) is 0 Å². The monoisotopic (exact) mass is 224 g/mol. The Labute approximate surface area is 103 Å². The van der Waals surface area contributed by atoms with Gasteiger partial charge in [0, 0.05) is 0 Å². The van der Waals surface area contributed by atoms with E-state index in [1.54, 1.807) is 0 Å². The molecule has 0 nitrogen and oxygen atoms in total. The van der Waals surface area contributed by atoms with E-state index < -0.39 is 0 Å². The Morgan fingerprint density at radius 3 is 2.19 bits per heavy atom. The Hall–Kier alpha value is 0. The zero-order valence-corrected chi connectivity index (χ0v) is 12.3. The van der Waals surface area contributed by atoms with Crippen LogP contribution in [0.3, 0.4) is 0 Å². The minimum atomic E-state index is 0.718. The van der Waals surface area contributed by atoms with Crippen molar-refractivity contribution in [3.63, 3.8) is 0 Å². The fourth-order valence-corrected chi connectivity index (χ4v) is 3.18. The van der Waals surface area contributed by atoms with Gasteiger partial charge < -0.3 is 0 Å². The molecule has 0 aromatic heterocycles. The molecule has 1 rings (SSSR count). The molecule has 0 saturated heterocycles. The molecule has 0 aromatic rings. The summed E-state index contributed by atoms with van der Waals surface area (Å²) in [4.78, 5) is 0. The zero-order valence-electron chi connectivity index (χ0n) is 12.3. The molecule has 0 aliphatic heterocycles.